The van der Waals surface area contributed by atoms with Crippen molar-refractivity contribution in [3.05, 3.63) is 24.3 Å². The molecule has 1 aromatic heterocycles. The van der Waals surface area contributed by atoms with E-state index in [-0.39, 0.29) is 17.3 Å². The second kappa shape index (κ2) is 2.95. The van der Waals surface area contributed by atoms with Crippen LogP contribution < -0.4 is 5.73 Å². The van der Waals surface area contributed by atoms with Gasteiger partial charge in [0.1, 0.15) is 11.5 Å². The predicted molar refractivity (Wildman–Crippen MR) is 49.7 cm³/mol. The van der Waals surface area contributed by atoms with Gasteiger partial charge in [0.2, 0.25) is 0 Å². The lowest BCUT2D eigenvalue weighted by Gasteiger charge is -1.99. The smallest absolute Gasteiger partial charge is 0.172 e. The summed E-state index contributed by atoms with van der Waals surface area (Å²) in [4.78, 5) is 0. The Morgan fingerprint density at radius 3 is 2.57 bits per heavy atom. The lowest BCUT2D eigenvalue weighted by atomic mass is 10.1. The first kappa shape index (κ1) is 8.43. The molecule has 0 aliphatic heterocycles. The molecule has 2 rings (SSSR count). The quantitative estimate of drug-likeness (QED) is 0.633. The van der Waals surface area contributed by atoms with E-state index in [2.05, 4.69) is 5.16 Å². The highest BCUT2D eigenvalue weighted by Gasteiger charge is 2.09. The van der Waals surface area contributed by atoms with E-state index < -0.39 is 0 Å². The van der Waals surface area contributed by atoms with Crippen molar-refractivity contribution in [3.8, 4) is 22.8 Å². The van der Waals surface area contributed by atoms with Crippen molar-refractivity contribution < 1.29 is 14.7 Å². The van der Waals surface area contributed by atoms with Gasteiger partial charge in [0, 0.05) is 12.1 Å². The number of anilines is 1. The second-order valence-corrected chi connectivity index (χ2v) is 2.82. The molecule has 5 heteroatoms. The van der Waals surface area contributed by atoms with E-state index in [1.807, 2.05) is 0 Å². The molecule has 0 bridgehead atoms. The van der Waals surface area contributed by atoms with Crippen molar-refractivity contribution in [2.75, 3.05) is 5.73 Å². The maximum atomic E-state index is 9.47. The molecule has 0 fully saturated rings. The molecule has 0 aliphatic carbocycles. The van der Waals surface area contributed by atoms with Gasteiger partial charge >= 0.3 is 0 Å². The molecule has 2 aromatic rings. The maximum Gasteiger partial charge on any atom is 0.172 e. The highest BCUT2D eigenvalue weighted by atomic mass is 16.5. The summed E-state index contributed by atoms with van der Waals surface area (Å²) in [7, 11) is 0. The summed E-state index contributed by atoms with van der Waals surface area (Å²) < 4.78 is 4.85. The molecule has 14 heavy (non-hydrogen) atoms. The molecule has 0 unspecified atom stereocenters. The van der Waals surface area contributed by atoms with Gasteiger partial charge in [-0.15, -0.1) is 0 Å². The number of phenols is 2. The number of phenolic OH excluding ortho intramolecular Hbond substituents is 2. The Kier molecular flexibility index (Phi) is 1.78. The summed E-state index contributed by atoms with van der Waals surface area (Å²) in [5.41, 5.74) is 5.80. The summed E-state index contributed by atoms with van der Waals surface area (Å²) in [5.74, 6) is 0.507. The van der Waals surface area contributed by atoms with Crippen molar-refractivity contribution in [2.24, 2.45) is 0 Å². The largest absolute Gasteiger partial charge is 0.508 e. The lowest BCUT2D eigenvalue weighted by Crippen LogP contribution is -1.80. The number of hydrogen-bond donors (Lipinski definition) is 3. The van der Waals surface area contributed by atoms with Crippen molar-refractivity contribution in [1.29, 1.82) is 0 Å². The molecule has 0 spiro atoms. The average Bonchev–Trinajstić information content (AvgIpc) is 2.51. The van der Waals surface area contributed by atoms with Crippen LogP contribution in [0.15, 0.2) is 28.8 Å². The summed E-state index contributed by atoms with van der Waals surface area (Å²) in [6.07, 6.45) is 0. The molecule has 5 nitrogen and oxygen atoms in total. The predicted octanol–water partition coefficient (Wildman–Crippen LogP) is 1.33. The van der Waals surface area contributed by atoms with Crippen LogP contribution >= 0.6 is 0 Å². The first-order valence-electron chi connectivity index (χ1n) is 3.91. The molecule has 0 atom stereocenters. The first-order valence-corrected chi connectivity index (χ1v) is 3.91. The van der Waals surface area contributed by atoms with E-state index in [0.29, 0.717) is 11.3 Å². The van der Waals surface area contributed by atoms with E-state index in [0.717, 1.165) is 0 Å². The third kappa shape index (κ3) is 1.35. The van der Waals surface area contributed by atoms with Gasteiger partial charge in [-0.3, -0.25) is 0 Å². The number of benzene rings is 1. The minimum atomic E-state index is -0.0823. The molecular weight excluding hydrogens is 184 g/mol. The first-order chi connectivity index (χ1) is 6.66. The van der Waals surface area contributed by atoms with Gasteiger partial charge in [0.15, 0.2) is 11.6 Å². The fourth-order valence-corrected chi connectivity index (χ4v) is 1.14. The Bertz CT molecular complexity index is 465. The van der Waals surface area contributed by atoms with Crippen molar-refractivity contribution in [2.45, 2.75) is 0 Å². The number of nitrogens with two attached hydrogens (primary N) is 1. The molecule has 4 N–H and O–H groups in total. The fourth-order valence-electron chi connectivity index (χ4n) is 1.14. The normalized spacial score (nSPS) is 10.3. The van der Waals surface area contributed by atoms with Gasteiger partial charge in [0.05, 0.1) is 5.56 Å². The van der Waals surface area contributed by atoms with E-state index in [4.69, 9.17) is 15.4 Å². The van der Waals surface area contributed by atoms with Gasteiger partial charge in [-0.25, -0.2) is 0 Å². The Morgan fingerprint density at radius 1 is 1.21 bits per heavy atom. The van der Waals surface area contributed by atoms with E-state index in [1.165, 1.54) is 24.3 Å². The molecule has 72 valence electrons. The third-order valence-electron chi connectivity index (χ3n) is 1.78. The van der Waals surface area contributed by atoms with Crippen molar-refractivity contribution in [3.63, 3.8) is 0 Å². The molecule has 1 aromatic carbocycles. The monoisotopic (exact) mass is 192 g/mol. The summed E-state index contributed by atoms with van der Waals surface area (Å²) >= 11 is 0. The van der Waals surface area contributed by atoms with Crippen LogP contribution in [0, 0.1) is 0 Å². The van der Waals surface area contributed by atoms with Crippen LogP contribution in [0.4, 0.5) is 5.82 Å². The standard InChI is InChI=1S/C9H8N2O3/c10-9-4-8(14-11-9)6-2-1-5(12)3-7(6)13/h1-4,12-13H,(H2,10,11). The fraction of sp³-hybridized carbons (Fsp3) is 0. The molecule has 0 saturated carbocycles. The minimum Gasteiger partial charge on any atom is -0.508 e. The zero-order valence-corrected chi connectivity index (χ0v) is 7.14. The van der Waals surface area contributed by atoms with Gasteiger partial charge in [-0.2, -0.15) is 0 Å². The third-order valence-corrected chi connectivity index (χ3v) is 1.78. The number of rotatable bonds is 1. The Balaban J connectivity index is 2.52. The molecule has 0 saturated heterocycles. The number of nitrogen functional groups attached to an aromatic ring is 1. The average molecular weight is 192 g/mol. The molecule has 1 heterocycles. The maximum absolute atomic E-state index is 9.47. The number of nitrogens with zero attached hydrogens (tertiary/aromatic N) is 1. The lowest BCUT2D eigenvalue weighted by molar-refractivity contribution is 0.426. The highest BCUT2D eigenvalue weighted by Crippen LogP contribution is 2.32. The number of aromatic hydroxyl groups is 2. The van der Waals surface area contributed by atoms with Crippen molar-refractivity contribution >= 4 is 5.82 Å². The van der Waals surface area contributed by atoms with Gasteiger partial charge < -0.3 is 20.5 Å². The molecule has 0 amide bonds. The minimum absolute atomic E-state index is 0.0151. The van der Waals surface area contributed by atoms with Crippen LogP contribution in [0.25, 0.3) is 11.3 Å². The zero-order chi connectivity index (χ0) is 10.1. The molecule has 0 aliphatic rings. The van der Waals surface area contributed by atoms with Crippen LogP contribution in [0.2, 0.25) is 0 Å². The summed E-state index contributed by atoms with van der Waals surface area (Å²) in [5, 5.41) is 22.0. The van der Waals surface area contributed by atoms with Gasteiger partial charge in [-0.05, 0) is 12.1 Å². The van der Waals surface area contributed by atoms with E-state index in [9.17, 15) is 5.11 Å². The SMILES string of the molecule is Nc1cc(-c2ccc(O)cc2O)on1. The Morgan fingerprint density at radius 2 is 2.00 bits per heavy atom. The van der Waals surface area contributed by atoms with Crippen LogP contribution in [-0.4, -0.2) is 15.4 Å². The van der Waals surface area contributed by atoms with E-state index in [1.54, 1.807) is 0 Å². The summed E-state index contributed by atoms with van der Waals surface area (Å²) in [6, 6.07) is 5.67. The van der Waals surface area contributed by atoms with Crippen LogP contribution in [-0.2, 0) is 0 Å². The Hall–Kier alpha value is -2.17. The van der Waals surface area contributed by atoms with Gasteiger partial charge in [-0.1, -0.05) is 5.16 Å². The van der Waals surface area contributed by atoms with Crippen LogP contribution in [0.5, 0.6) is 11.5 Å². The Labute approximate surface area is 79.4 Å². The molecular formula is C9H8N2O3. The van der Waals surface area contributed by atoms with E-state index >= 15 is 0 Å². The highest BCUT2D eigenvalue weighted by molar-refractivity contribution is 5.68. The number of hydrogen-bond acceptors (Lipinski definition) is 5. The van der Waals surface area contributed by atoms with Gasteiger partial charge in [0.25, 0.3) is 0 Å². The second-order valence-electron chi connectivity index (χ2n) is 2.82. The van der Waals surface area contributed by atoms with Crippen LogP contribution in [0.3, 0.4) is 0 Å². The summed E-state index contributed by atoms with van der Waals surface area (Å²) in [6.45, 7) is 0. The molecule has 0 radical (unpaired) electrons. The van der Waals surface area contributed by atoms with Crippen molar-refractivity contribution in [1.82, 2.24) is 5.16 Å². The zero-order valence-electron chi connectivity index (χ0n) is 7.14. The topological polar surface area (TPSA) is 92.5 Å². The van der Waals surface area contributed by atoms with Crippen LogP contribution in [0.1, 0.15) is 0 Å². The number of aromatic nitrogens is 1.